The summed E-state index contributed by atoms with van der Waals surface area (Å²) in [5.41, 5.74) is 2.96. The van der Waals surface area contributed by atoms with Crippen LogP contribution in [0.15, 0.2) is 61.1 Å². The minimum Gasteiger partial charge on any atom is -0.352 e. The molecule has 1 fully saturated rings. The number of nitrogens with one attached hydrogen (secondary N) is 1. The fourth-order valence-electron chi connectivity index (χ4n) is 4.54. The maximum Gasteiger partial charge on any atom is 0.255 e. The van der Waals surface area contributed by atoms with Crippen LogP contribution < -0.4 is 5.32 Å². The van der Waals surface area contributed by atoms with Crippen molar-refractivity contribution in [2.45, 2.75) is 26.7 Å². The molecule has 0 bridgehead atoms. The topological polar surface area (TPSA) is 63.1 Å². The normalized spacial score (nSPS) is 19.3. The van der Waals surface area contributed by atoms with E-state index < -0.39 is 0 Å². The number of piperidine rings is 1. The molecule has 0 spiro atoms. The van der Waals surface area contributed by atoms with Crippen LogP contribution in [0, 0.1) is 11.8 Å². The Morgan fingerprint density at radius 1 is 1.10 bits per heavy atom. The molecule has 1 aliphatic heterocycles. The molecule has 6 heteroatoms. The van der Waals surface area contributed by atoms with E-state index in [-0.39, 0.29) is 5.91 Å². The molecule has 1 saturated heterocycles. The molecule has 3 aromatic rings. The van der Waals surface area contributed by atoms with Crippen LogP contribution >= 0.6 is 0 Å². The second-order valence-corrected chi connectivity index (χ2v) is 8.73. The van der Waals surface area contributed by atoms with E-state index in [4.69, 9.17) is 5.10 Å². The molecule has 2 aromatic heterocycles. The van der Waals surface area contributed by atoms with Gasteiger partial charge in [0.1, 0.15) is 5.69 Å². The van der Waals surface area contributed by atoms with E-state index >= 15 is 0 Å². The third-order valence-corrected chi connectivity index (χ3v) is 5.80. The number of rotatable bonds is 7. The average molecular weight is 418 g/mol. The Balaban J connectivity index is 1.43. The lowest BCUT2D eigenvalue weighted by Gasteiger charge is -2.34. The number of nitrogens with zero attached hydrogens (tertiary/aromatic N) is 4. The Kier molecular flexibility index (Phi) is 6.77. The quantitative estimate of drug-likeness (QED) is 0.590. The number of para-hydroxylation sites is 1. The van der Waals surface area contributed by atoms with Crippen LogP contribution in [0.4, 0.5) is 0 Å². The molecule has 1 amide bonds. The number of aromatic nitrogens is 3. The first-order valence-corrected chi connectivity index (χ1v) is 11.2. The van der Waals surface area contributed by atoms with Crippen molar-refractivity contribution in [3.05, 3.63) is 66.6 Å². The number of hydrogen-bond acceptors (Lipinski definition) is 4. The minimum absolute atomic E-state index is 0.0959. The van der Waals surface area contributed by atoms with Gasteiger partial charge in [-0.2, -0.15) is 5.10 Å². The molecule has 162 valence electrons. The van der Waals surface area contributed by atoms with Crippen LogP contribution in [0.2, 0.25) is 0 Å². The van der Waals surface area contributed by atoms with Gasteiger partial charge in [-0.3, -0.25) is 9.78 Å². The van der Waals surface area contributed by atoms with Gasteiger partial charge in [-0.25, -0.2) is 4.68 Å². The largest absolute Gasteiger partial charge is 0.352 e. The molecule has 0 radical (unpaired) electrons. The Labute approximate surface area is 184 Å². The summed E-state index contributed by atoms with van der Waals surface area (Å²) >= 11 is 0. The Morgan fingerprint density at radius 3 is 2.58 bits per heavy atom. The van der Waals surface area contributed by atoms with E-state index in [1.165, 1.54) is 6.42 Å². The van der Waals surface area contributed by atoms with E-state index in [0.717, 1.165) is 49.1 Å². The van der Waals surface area contributed by atoms with Gasteiger partial charge in [0.2, 0.25) is 0 Å². The number of likely N-dealkylation sites (tertiary alicyclic amines) is 1. The first kappa shape index (κ1) is 21.2. The van der Waals surface area contributed by atoms with E-state index in [1.807, 2.05) is 42.5 Å². The van der Waals surface area contributed by atoms with Gasteiger partial charge in [-0.15, -0.1) is 0 Å². The van der Waals surface area contributed by atoms with Gasteiger partial charge in [-0.1, -0.05) is 32.0 Å². The summed E-state index contributed by atoms with van der Waals surface area (Å²) in [7, 11) is 0. The predicted octanol–water partition coefficient (Wildman–Crippen LogP) is 4.03. The Hall–Kier alpha value is -2.99. The number of amides is 1. The molecule has 2 atom stereocenters. The van der Waals surface area contributed by atoms with Crippen molar-refractivity contribution < 1.29 is 4.79 Å². The molecule has 1 aliphatic rings. The van der Waals surface area contributed by atoms with Crippen LogP contribution in [0.25, 0.3) is 16.9 Å². The SMILES string of the molecule is C[C@H]1C[C@H](C)CN(CCCNC(=O)c2cn(-c3ccccc3)nc2-c2cccnc2)C1. The number of carbonyl (C=O) groups excluding carboxylic acids is 1. The van der Waals surface area contributed by atoms with Crippen molar-refractivity contribution >= 4 is 5.91 Å². The maximum atomic E-state index is 13.0. The van der Waals surface area contributed by atoms with Gasteiger partial charge in [0.15, 0.2) is 0 Å². The summed E-state index contributed by atoms with van der Waals surface area (Å²) < 4.78 is 1.76. The third kappa shape index (κ3) is 5.39. The number of hydrogen-bond donors (Lipinski definition) is 1. The van der Waals surface area contributed by atoms with Crippen molar-refractivity contribution in [3.8, 4) is 16.9 Å². The van der Waals surface area contributed by atoms with Crippen molar-refractivity contribution in [1.82, 2.24) is 25.0 Å². The first-order chi connectivity index (χ1) is 15.1. The molecule has 6 nitrogen and oxygen atoms in total. The van der Waals surface area contributed by atoms with Crippen molar-refractivity contribution in [1.29, 1.82) is 0 Å². The average Bonchev–Trinajstić information content (AvgIpc) is 3.23. The van der Waals surface area contributed by atoms with Crippen LogP contribution in [0.5, 0.6) is 0 Å². The van der Waals surface area contributed by atoms with Crippen LogP contribution in [-0.4, -0.2) is 51.8 Å². The highest BCUT2D eigenvalue weighted by Gasteiger charge is 2.22. The second kappa shape index (κ2) is 9.88. The zero-order valence-corrected chi connectivity index (χ0v) is 18.4. The fraction of sp³-hybridized carbons (Fsp3) is 0.400. The second-order valence-electron chi connectivity index (χ2n) is 8.73. The van der Waals surface area contributed by atoms with Gasteiger partial charge in [0.05, 0.1) is 11.3 Å². The highest BCUT2D eigenvalue weighted by molar-refractivity contribution is 5.99. The van der Waals surface area contributed by atoms with Crippen molar-refractivity contribution in [3.63, 3.8) is 0 Å². The smallest absolute Gasteiger partial charge is 0.255 e. The van der Waals surface area contributed by atoms with E-state index in [0.29, 0.717) is 17.8 Å². The zero-order valence-electron chi connectivity index (χ0n) is 18.4. The summed E-state index contributed by atoms with van der Waals surface area (Å²) in [6, 6.07) is 13.6. The maximum absolute atomic E-state index is 13.0. The number of carbonyl (C=O) groups is 1. The highest BCUT2D eigenvalue weighted by Crippen LogP contribution is 2.23. The molecule has 1 N–H and O–H groups in total. The van der Waals surface area contributed by atoms with Crippen LogP contribution in [0.3, 0.4) is 0 Å². The molecule has 0 unspecified atom stereocenters. The van der Waals surface area contributed by atoms with E-state index in [2.05, 4.69) is 29.0 Å². The minimum atomic E-state index is -0.0959. The van der Waals surface area contributed by atoms with Gasteiger partial charge < -0.3 is 10.2 Å². The van der Waals surface area contributed by atoms with Crippen molar-refractivity contribution in [2.75, 3.05) is 26.2 Å². The lowest BCUT2D eigenvalue weighted by Crippen LogP contribution is -2.40. The van der Waals surface area contributed by atoms with Crippen molar-refractivity contribution in [2.24, 2.45) is 11.8 Å². The third-order valence-electron chi connectivity index (χ3n) is 5.80. The van der Waals surface area contributed by atoms with E-state index in [1.54, 1.807) is 23.3 Å². The molecular formula is C25H31N5O. The lowest BCUT2D eigenvalue weighted by atomic mass is 9.92. The summed E-state index contributed by atoms with van der Waals surface area (Å²) in [5, 5.41) is 7.79. The standard InChI is InChI=1S/C25H31N5O/c1-19-14-20(2)17-29(16-19)13-7-12-27-25(31)23-18-30(22-9-4-3-5-10-22)28-24(23)21-8-6-11-26-15-21/h3-6,8-11,15,18-20H,7,12-14,16-17H2,1-2H3,(H,27,31)/t19-,20-/m0/s1. The monoisotopic (exact) mass is 417 g/mol. The summed E-state index contributed by atoms with van der Waals surface area (Å²) in [6.07, 6.45) is 7.53. The predicted molar refractivity (Wildman–Crippen MR) is 123 cm³/mol. The molecule has 0 saturated carbocycles. The molecule has 3 heterocycles. The van der Waals surface area contributed by atoms with Gasteiger partial charge in [-0.05, 0) is 55.5 Å². The van der Waals surface area contributed by atoms with Crippen LogP contribution in [-0.2, 0) is 0 Å². The Bertz CT molecular complexity index is 976. The van der Waals surface area contributed by atoms with Gasteiger partial charge in [0.25, 0.3) is 5.91 Å². The zero-order chi connectivity index (χ0) is 21.6. The molecular weight excluding hydrogens is 386 g/mol. The Morgan fingerprint density at radius 2 is 1.87 bits per heavy atom. The summed E-state index contributed by atoms with van der Waals surface area (Å²) in [6.45, 7) is 8.65. The molecule has 0 aliphatic carbocycles. The van der Waals surface area contributed by atoms with E-state index in [9.17, 15) is 4.79 Å². The summed E-state index contributed by atoms with van der Waals surface area (Å²) in [5.74, 6) is 1.41. The number of pyridine rings is 1. The number of benzene rings is 1. The van der Waals surface area contributed by atoms with Gasteiger partial charge >= 0.3 is 0 Å². The van der Waals surface area contributed by atoms with Crippen LogP contribution in [0.1, 0.15) is 37.0 Å². The van der Waals surface area contributed by atoms with Gasteiger partial charge in [0, 0.05) is 43.8 Å². The fourth-order valence-corrected chi connectivity index (χ4v) is 4.54. The molecule has 1 aromatic carbocycles. The highest BCUT2D eigenvalue weighted by atomic mass is 16.1. The first-order valence-electron chi connectivity index (χ1n) is 11.2. The lowest BCUT2D eigenvalue weighted by molar-refractivity contribution is 0.0948. The molecule has 31 heavy (non-hydrogen) atoms. The molecule has 4 rings (SSSR count). The summed E-state index contributed by atoms with van der Waals surface area (Å²) in [4.78, 5) is 19.8.